The van der Waals surface area contributed by atoms with Crippen molar-refractivity contribution in [1.29, 1.82) is 0 Å². The molecule has 0 saturated carbocycles. The smallest absolute Gasteiger partial charge is 0.202 e. The average Bonchev–Trinajstić information content (AvgIpc) is 2.75. The van der Waals surface area contributed by atoms with Crippen LogP contribution in [0.3, 0.4) is 0 Å². The molecule has 2 N–H and O–H groups in total. The predicted octanol–water partition coefficient (Wildman–Crippen LogP) is 2.72. The monoisotopic (exact) mass is 288 g/mol. The first-order chi connectivity index (χ1) is 9.67. The molecule has 0 radical (unpaired) electrons. The molecule has 5 nitrogen and oxygen atoms in total. The number of pyridine rings is 1. The highest BCUT2D eigenvalue weighted by atomic mass is 35.5. The van der Waals surface area contributed by atoms with Gasteiger partial charge in [0.15, 0.2) is 5.65 Å². The predicted molar refractivity (Wildman–Crippen MR) is 79.0 cm³/mol. The van der Waals surface area contributed by atoms with Crippen molar-refractivity contribution in [2.24, 2.45) is 0 Å². The van der Waals surface area contributed by atoms with E-state index in [1.807, 2.05) is 28.8 Å². The highest BCUT2D eigenvalue weighted by Crippen LogP contribution is 2.21. The number of hydrogen-bond donors (Lipinski definition) is 1. The van der Waals surface area contributed by atoms with Crippen LogP contribution in [0.25, 0.3) is 11.2 Å². The number of fused-ring (bicyclic) bond motifs is 1. The molecule has 0 unspecified atom stereocenters. The highest BCUT2D eigenvalue weighted by molar-refractivity contribution is 6.31. The van der Waals surface area contributed by atoms with Crippen LogP contribution in [-0.4, -0.2) is 21.6 Å². The number of hydrogen-bond acceptors (Lipinski definition) is 4. The number of aromatic nitrogens is 3. The molecule has 0 fully saturated rings. The maximum Gasteiger partial charge on any atom is 0.202 e. The largest absolute Gasteiger partial charge is 0.497 e. The van der Waals surface area contributed by atoms with E-state index in [1.165, 1.54) is 0 Å². The molecule has 3 rings (SSSR count). The summed E-state index contributed by atoms with van der Waals surface area (Å²) in [6.45, 7) is 0.598. The number of nitrogen functional groups attached to an aromatic ring is 1. The summed E-state index contributed by atoms with van der Waals surface area (Å²) in [5, 5.41) is 0.548. The molecular formula is C14H13ClN4O. The second kappa shape index (κ2) is 5.02. The van der Waals surface area contributed by atoms with Gasteiger partial charge in [-0.25, -0.2) is 9.97 Å². The lowest BCUT2D eigenvalue weighted by atomic mass is 10.2. The van der Waals surface area contributed by atoms with E-state index in [-0.39, 0.29) is 0 Å². The summed E-state index contributed by atoms with van der Waals surface area (Å²) >= 11 is 5.91. The zero-order valence-electron chi connectivity index (χ0n) is 10.9. The number of benzene rings is 1. The molecule has 0 saturated heterocycles. The van der Waals surface area contributed by atoms with Crippen LogP contribution in [0.5, 0.6) is 5.75 Å². The number of imidazole rings is 1. The topological polar surface area (TPSA) is 66.0 Å². The van der Waals surface area contributed by atoms with Crippen LogP contribution in [0.4, 0.5) is 5.95 Å². The van der Waals surface area contributed by atoms with Crippen molar-refractivity contribution in [3.63, 3.8) is 0 Å². The van der Waals surface area contributed by atoms with Crippen LogP contribution in [-0.2, 0) is 6.54 Å². The van der Waals surface area contributed by atoms with Gasteiger partial charge in [-0.05, 0) is 23.8 Å². The first kappa shape index (κ1) is 12.7. The first-order valence-electron chi connectivity index (χ1n) is 6.07. The van der Waals surface area contributed by atoms with E-state index in [0.29, 0.717) is 23.0 Å². The number of ether oxygens (including phenoxy) is 1. The molecule has 0 spiro atoms. The lowest BCUT2D eigenvalue weighted by molar-refractivity contribution is 0.414. The summed E-state index contributed by atoms with van der Waals surface area (Å²) in [6, 6.07) is 9.55. The van der Waals surface area contributed by atoms with Gasteiger partial charge in [-0.1, -0.05) is 23.7 Å². The molecule has 3 aromatic rings. The lowest BCUT2D eigenvalue weighted by Gasteiger charge is -2.07. The fourth-order valence-corrected chi connectivity index (χ4v) is 2.23. The van der Waals surface area contributed by atoms with Crippen LogP contribution in [0.2, 0.25) is 5.02 Å². The Morgan fingerprint density at radius 1 is 1.30 bits per heavy atom. The van der Waals surface area contributed by atoms with Crippen molar-refractivity contribution in [2.45, 2.75) is 6.54 Å². The van der Waals surface area contributed by atoms with Crippen molar-refractivity contribution in [2.75, 3.05) is 12.8 Å². The molecule has 0 aliphatic heterocycles. The molecule has 2 heterocycles. The zero-order valence-corrected chi connectivity index (χ0v) is 11.6. The van der Waals surface area contributed by atoms with Crippen LogP contribution in [0, 0.1) is 0 Å². The molecule has 102 valence electrons. The van der Waals surface area contributed by atoms with E-state index in [2.05, 4.69) is 9.97 Å². The molecule has 6 heteroatoms. The van der Waals surface area contributed by atoms with Crippen LogP contribution in [0.1, 0.15) is 5.56 Å². The van der Waals surface area contributed by atoms with Gasteiger partial charge in [-0.2, -0.15) is 0 Å². The Balaban J connectivity index is 1.99. The quantitative estimate of drug-likeness (QED) is 0.805. The van der Waals surface area contributed by atoms with Gasteiger partial charge in [-0.3, -0.25) is 4.57 Å². The first-order valence-corrected chi connectivity index (χ1v) is 6.45. The number of halogens is 1. The lowest BCUT2D eigenvalue weighted by Crippen LogP contribution is -2.05. The maximum absolute atomic E-state index is 5.95. The maximum atomic E-state index is 5.95. The Kier molecular flexibility index (Phi) is 3.20. The van der Waals surface area contributed by atoms with Crippen molar-refractivity contribution < 1.29 is 4.74 Å². The molecule has 1 aromatic carbocycles. The van der Waals surface area contributed by atoms with Crippen molar-refractivity contribution in [3.05, 3.63) is 47.1 Å². The molecule has 0 atom stereocenters. The minimum absolute atomic E-state index is 0.422. The number of nitrogens with two attached hydrogens (primary N) is 1. The van der Waals surface area contributed by atoms with Crippen molar-refractivity contribution in [3.8, 4) is 5.75 Å². The highest BCUT2D eigenvalue weighted by Gasteiger charge is 2.10. The normalized spacial score (nSPS) is 10.9. The Labute approximate surface area is 121 Å². The standard InChI is InChI=1S/C14H13ClN4O/c1-20-11-4-2-9(3-5-11)8-19-13-12(18-14(19)16)6-10(15)7-17-13/h2-7H,8H2,1H3,(H2,16,18). The van der Waals surface area contributed by atoms with Gasteiger partial charge in [0.1, 0.15) is 11.3 Å². The average molecular weight is 289 g/mol. The third-order valence-electron chi connectivity index (χ3n) is 3.08. The Morgan fingerprint density at radius 3 is 2.75 bits per heavy atom. The summed E-state index contributed by atoms with van der Waals surface area (Å²) in [7, 11) is 1.64. The third kappa shape index (κ3) is 2.28. The number of rotatable bonds is 3. The van der Waals surface area contributed by atoms with Crippen molar-refractivity contribution in [1.82, 2.24) is 14.5 Å². The van der Waals surface area contributed by atoms with E-state index in [0.717, 1.165) is 17.0 Å². The fourth-order valence-electron chi connectivity index (χ4n) is 2.07. The van der Waals surface area contributed by atoms with Gasteiger partial charge >= 0.3 is 0 Å². The third-order valence-corrected chi connectivity index (χ3v) is 3.29. The van der Waals surface area contributed by atoms with Crippen LogP contribution in [0.15, 0.2) is 36.5 Å². The fraction of sp³-hybridized carbons (Fsp3) is 0.143. The molecule has 2 aromatic heterocycles. The summed E-state index contributed by atoms with van der Waals surface area (Å²) in [5.41, 5.74) is 8.47. The van der Waals surface area contributed by atoms with E-state index in [9.17, 15) is 0 Å². The van der Waals surface area contributed by atoms with Crippen LogP contribution >= 0.6 is 11.6 Å². The Morgan fingerprint density at radius 2 is 2.05 bits per heavy atom. The van der Waals surface area contributed by atoms with Gasteiger partial charge in [-0.15, -0.1) is 0 Å². The summed E-state index contributed by atoms with van der Waals surface area (Å²) in [4.78, 5) is 8.57. The van der Waals surface area contributed by atoms with Gasteiger partial charge in [0.05, 0.1) is 18.7 Å². The summed E-state index contributed by atoms with van der Waals surface area (Å²) in [5.74, 6) is 1.24. The van der Waals surface area contributed by atoms with E-state index < -0.39 is 0 Å². The van der Waals surface area contributed by atoms with Gasteiger partial charge in [0.2, 0.25) is 5.95 Å². The van der Waals surface area contributed by atoms with E-state index in [4.69, 9.17) is 22.1 Å². The van der Waals surface area contributed by atoms with E-state index >= 15 is 0 Å². The number of nitrogens with zero attached hydrogens (tertiary/aromatic N) is 3. The Hall–Kier alpha value is -2.27. The van der Waals surface area contributed by atoms with Crippen LogP contribution < -0.4 is 10.5 Å². The van der Waals surface area contributed by atoms with Gasteiger partial charge in [0, 0.05) is 6.20 Å². The zero-order chi connectivity index (χ0) is 14.1. The molecule has 0 amide bonds. The second-order valence-electron chi connectivity index (χ2n) is 4.40. The number of methoxy groups -OCH3 is 1. The molecular weight excluding hydrogens is 276 g/mol. The minimum atomic E-state index is 0.422. The molecule has 20 heavy (non-hydrogen) atoms. The number of anilines is 1. The van der Waals surface area contributed by atoms with E-state index in [1.54, 1.807) is 19.4 Å². The molecule has 0 bridgehead atoms. The second-order valence-corrected chi connectivity index (χ2v) is 4.84. The molecule has 0 aliphatic carbocycles. The van der Waals surface area contributed by atoms with Gasteiger partial charge < -0.3 is 10.5 Å². The SMILES string of the molecule is COc1ccc(Cn2c(N)nc3cc(Cl)cnc32)cc1. The Bertz CT molecular complexity index is 752. The molecule has 0 aliphatic rings. The minimum Gasteiger partial charge on any atom is -0.497 e. The summed E-state index contributed by atoms with van der Waals surface area (Å²) in [6.07, 6.45) is 1.59. The van der Waals surface area contributed by atoms with Gasteiger partial charge in [0.25, 0.3) is 0 Å². The summed E-state index contributed by atoms with van der Waals surface area (Å²) < 4.78 is 7.00. The van der Waals surface area contributed by atoms with Crippen molar-refractivity contribution >= 4 is 28.7 Å².